The summed E-state index contributed by atoms with van der Waals surface area (Å²) in [6.45, 7) is 1.16. The highest BCUT2D eigenvalue weighted by atomic mass is 32.2. The molecule has 0 aromatic rings. The summed E-state index contributed by atoms with van der Waals surface area (Å²) in [5, 5.41) is 8.47. The van der Waals surface area contributed by atoms with Crippen molar-refractivity contribution in [2.24, 2.45) is 0 Å². The second-order valence-corrected chi connectivity index (χ2v) is 4.57. The van der Waals surface area contributed by atoms with E-state index in [4.69, 9.17) is 5.11 Å². The lowest BCUT2D eigenvalue weighted by Gasteiger charge is -2.32. The van der Waals surface area contributed by atoms with Crippen molar-refractivity contribution in [2.45, 2.75) is 25.3 Å². The van der Waals surface area contributed by atoms with Crippen molar-refractivity contribution in [3.8, 4) is 0 Å². The zero-order chi connectivity index (χ0) is 9.68. The van der Waals surface area contributed by atoms with Crippen LogP contribution >= 0.6 is 11.8 Å². The predicted octanol–water partition coefficient (Wildman–Crippen LogP) is 1.29. The van der Waals surface area contributed by atoms with Gasteiger partial charge < -0.3 is 10.0 Å². The van der Waals surface area contributed by atoms with Gasteiger partial charge in [-0.15, -0.1) is 11.8 Å². The molecule has 0 bridgehead atoms. The van der Waals surface area contributed by atoms with Crippen LogP contribution in [0.1, 0.15) is 19.3 Å². The number of carboxylic acids is 1. The molecule has 13 heavy (non-hydrogen) atoms. The molecule has 1 saturated heterocycles. The number of rotatable bonds is 4. The monoisotopic (exact) mass is 203 g/mol. The Kier molecular flexibility index (Phi) is 4.59. The fraction of sp³-hybridized carbons (Fsp3) is 0.889. The zero-order valence-electron chi connectivity index (χ0n) is 8.03. The Bertz CT molecular complexity index is 175. The molecule has 0 spiro atoms. The fourth-order valence-electron chi connectivity index (χ4n) is 1.64. The van der Waals surface area contributed by atoms with Crippen LogP contribution in [-0.2, 0) is 4.79 Å². The highest BCUT2D eigenvalue weighted by Crippen LogP contribution is 2.18. The first-order valence-corrected chi connectivity index (χ1v) is 5.85. The Hall–Kier alpha value is -0.220. The minimum absolute atomic E-state index is 0.240. The number of hydrogen-bond donors (Lipinski definition) is 1. The Labute approximate surface area is 83.5 Å². The molecule has 1 atom stereocenters. The van der Waals surface area contributed by atoms with Crippen LogP contribution < -0.4 is 0 Å². The van der Waals surface area contributed by atoms with E-state index in [-0.39, 0.29) is 5.75 Å². The number of nitrogens with zero attached hydrogens (tertiary/aromatic N) is 1. The molecule has 1 heterocycles. The molecule has 76 valence electrons. The molecule has 1 fully saturated rings. The van der Waals surface area contributed by atoms with Gasteiger partial charge >= 0.3 is 5.97 Å². The van der Waals surface area contributed by atoms with Crippen LogP contribution in [0.4, 0.5) is 0 Å². The summed E-state index contributed by atoms with van der Waals surface area (Å²) in [6, 6.07) is 0.595. The number of hydrogen-bond acceptors (Lipinski definition) is 3. The molecule has 0 aromatic heterocycles. The zero-order valence-corrected chi connectivity index (χ0v) is 8.85. The summed E-state index contributed by atoms with van der Waals surface area (Å²) < 4.78 is 0. The van der Waals surface area contributed by atoms with E-state index in [2.05, 4.69) is 11.9 Å². The second kappa shape index (κ2) is 5.50. The van der Waals surface area contributed by atoms with Crippen LogP contribution in [-0.4, -0.2) is 47.1 Å². The summed E-state index contributed by atoms with van der Waals surface area (Å²) >= 11 is 1.53. The minimum Gasteiger partial charge on any atom is -0.481 e. The van der Waals surface area contributed by atoms with E-state index in [1.807, 2.05) is 0 Å². The molecule has 0 radical (unpaired) electrons. The van der Waals surface area contributed by atoms with Gasteiger partial charge in [-0.05, 0) is 26.4 Å². The molecular formula is C9H17NO2S. The Morgan fingerprint density at radius 3 is 3.00 bits per heavy atom. The number of carbonyl (C=O) groups is 1. The third kappa shape index (κ3) is 4.00. The van der Waals surface area contributed by atoms with Crippen LogP contribution in [0.25, 0.3) is 0 Å². The lowest BCUT2D eigenvalue weighted by atomic mass is 10.1. The number of piperidine rings is 1. The maximum absolute atomic E-state index is 10.3. The Morgan fingerprint density at radius 2 is 2.38 bits per heavy atom. The molecule has 1 unspecified atom stereocenters. The largest absolute Gasteiger partial charge is 0.481 e. The molecule has 0 amide bonds. The maximum atomic E-state index is 10.3. The molecular weight excluding hydrogens is 186 g/mol. The van der Waals surface area contributed by atoms with Gasteiger partial charge in [0.15, 0.2) is 0 Å². The lowest BCUT2D eigenvalue weighted by Crippen LogP contribution is -2.38. The van der Waals surface area contributed by atoms with Crippen molar-refractivity contribution < 1.29 is 9.90 Å². The summed E-state index contributed by atoms with van der Waals surface area (Å²) in [5.41, 5.74) is 0. The first kappa shape index (κ1) is 10.9. The highest BCUT2D eigenvalue weighted by Gasteiger charge is 2.18. The summed E-state index contributed by atoms with van der Waals surface area (Å²) in [6.07, 6.45) is 3.81. The first-order chi connectivity index (χ1) is 6.20. The van der Waals surface area contributed by atoms with E-state index in [9.17, 15) is 4.79 Å². The van der Waals surface area contributed by atoms with Crippen molar-refractivity contribution in [3.63, 3.8) is 0 Å². The maximum Gasteiger partial charge on any atom is 0.313 e. The lowest BCUT2D eigenvalue weighted by molar-refractivity contribution is -0.133. The van der Waals surface area contributed by atoms with Crippen LogP contribution in [0.15, 0.2) is 0 Å². The van der Waals surface area contributed by atoms with E-state index in [1.54, 1.807) is 0 Å². The second-order valence-electron chi connectivity index (χ2n) is 3.54. The molecule has 0 aromatic carbocycles. The van der Waals surface area contributed by atoms with Crippen molar-refractivity contribution in [1.29, 1.82) is 0 Å². The molecule has 3 nitrogen and oxygen atoms in total. The molecule has 0 saturated carbocycles. The summed E-state index contributed by atoms with van der Waals surface area (Å²) in [5.74, 6) is 0.496. The Balaban J connectivity index is 2.15. The van der Waals surface area contributed by atoms with Crippen LogP contribution in [0, 0.1) is 0 Å². The summed E-state index contributed by atoms with van der Waals surface area (Å²) in [7, 11) is 2.13. The molecule has 4 heteroatoms. The van der Waals surface area contributed by atoms with Crippen LogP contribution in [0.5, 0.6) is 0 Å². The minimum atomic E-state index is -0.705. The Morgan fingerprint density at radius 1 is 1.62 bits per heavy atom. The van der Waals surface area contributed by atoms with Gasteiger partial charge in [-0.1, -0.05) is 6.42 Å². The fourth-order valence-corrected chi connectivity index (χ4v) is 2.62. The molecule has 0 aliphatic carbocycles. The van der Waals surface area contributed by atoms with Gasteiger partial charge in [0.05, 0.1) is 5.75 Å². The van der Waals surface area contributed by atoms with E-state index in [0.717, 1.165) is 12.3 Å². The van der Waals surface area contributed by atoms with Gasteiger partial charge in [0.25, 0.3) is 0 Å². The molecule has 1 aliphatic heterocycles. The number of aliphatic carboxylic acids is 1. The standard InChI is InChI=1S/C9H17NO2S/c1-10-5-3-2-4-8(10)6-13-7-9(11)12/h8H,2-7H2,1H3,(H,11,12). The SMILES string of the molecule is CN1CCCCC1CSCC(=O)O. The van der Waals surface area contributed by atoms with Crippen LogP contribution in [0.2, 0.25) is 0 Å². The van der Waals surface area contributed by atoms with Crippen molar-refractivity contribution in [1.82, 2.24) is 4.90 Å². The van der Waals surface area contributed by atoms with Gasteiger partial charge in [0.1, 0.15) is 0 Å². The number of carboxylic acid groups (broad SMARTS) is 1. The topological polar surface area (TPSA) is 40.5 Å². The van der Waals surface area contributed by atoms with Gasteiger partial charge in [-0.25, -0.2) is 0 Å². The summed E-state index contributed by atoms with van der Waals surface area (Å²) in [4.78, 5) is 12.6. The average molecular weight is 203 g/mol. The highest BCUT2D eigenvalue weighted by molar-refractivity contribution is 7.99. The van der Waals surface area contributed by atoms with E-state index < -0.39 is 5.97 Å². The van der Waals surface area contributed by atoms with E-state index >= 15 is 0 Å². The third-order valence-corrected chi connectivity index (χ3v) is 3.53. The van der Waals surface area contributed by atoms with E-state index in [1.165, 1.54) is 31.0 Å². The van der Waals surface area contributed by atoms with E-state index in [0.29, 0.717) is 6.04 Å². The third-order valence-electron chi connectivity index (χ3n) is 2.46. The molecule has 1 aliphatic rings. The first-order valence-electron chi connectivity index (χ1n) is 4.70. The average Bonchev–Trinajstić information content (AvgIpc) is 2.08. The van der Waals surface area contributed by atoms with Gasteiger partial charge in [0.2, 0.25) is 0 Å². The van der Waals surface area contributed by atoms with Gasteiger partial charge in [-0.2, -0.15) is 0 Å². The van der Waals surface area contributed by atoms with Gasteiger partial charge in [-0.3, -0.25) is 4.79 Å². The number of thioether (sulfide) groups is 1. The molecule has 1 rings (SSSR count). The molecule has 1 N–H and O–H groups in total. The normalized spacial score (nSPS) is 24.5. The van der Waals surface area contributed by atoms with Crippen molar-refractivity contribution >= 4 is 17.7 Å². The van der Waals surface area contributed by atoms with Crippen LogP contribution in [0.3, 0.4) is 0 Å². The van der Waals surface area contributed by atoms with Gasteiger partial charge in [0, 0.05) is 11.8 Å². The smallest absolute Gasteiger partial charge is 0.313 e. The van der Waals surface area contributed by atoms with Crippen molar-refractivity contribution in [3.05, 3.63) is 0 Å². The predicted molar refractivity (Wildman–Crippen MR) is 55.2 cm³/mol. The van der Waals surface area contributed by atoms with Crippen molar-refractivity contribution in [2.75, 3.05) is 25.1 Å². The quantitative estimate of drug-likeness (QED) is 0.747. The number of likely N-dealkylation sites (tertiary alicyclic amines) is 1.